The number of allylic oxidation sites excluding steroid dienone is 1. The molecule has 1 aromatic heterocycles. The number of aldehydes is 1. The Morgan fingerprint density at radius 3 is 2.64 bits per heavy atom. The van der Waals surface area contributed by atoms with Crippen molar-refractivity contribution in [1.82, 2.24) is 19.8 Å². The molecule has 0 aliphatic carbocycles. The van der Waals surface area contributed by atoms with E-state index < -0.39 is 0 Å². The average molecular weight is 531 g/mol. The third-order valence-electron chi connectivity index (χ3n) is 7.47. The van der Waals surface area contributed by atoms with Gasteiger partial charge in [0.15, 0.2) is 0 Å². The van der Waals surface area contributed by atoms with Crippen LogP contribution in [0.15, 0.2) is 48.7 Å². The molecule has 206 valence electrons. The lowest BCUT2D eigenvalue weighted by molar-refractivity contribution is -0.104. The molecule has 0 unspecified atom stereocenters. The number of rotatable bonds is 9. The van der Waals surface area contributed by atoms with Crippen molar-refractivity contribution in [3.63, 3.8) is 0 Å². The van der Waals surface area contributed by atoms with E-state index in [1.54, 1.807) is 6.08 Å². The van der Waals surface area contributed by atoms with Gasteiger partial charge in [-0.1, -0.05) is 24.3 Å². The number of anilines is 2. The summed E-state index contributed by atoms with van der Waals surface area (Å²) in [5, 5.41) is 12.6. The van der Waals surface area contributed by atoms with Crippen molar-refractivity contribution in [2.24, 2.45) is 0 Å². The van der Waals surface area contributed by atoms with Gasteiger partial charge in [-0.3, -0.25) is 4.79 Å². The first-order valence-electron chi connectivity index (χ1n) is 13.7. The van der Waals surface area contributed by atoms with E-state index in [1.807, 2.05) is 36.5 Å². The number of piperazine rings is 1. The predicted octanol–water partition coefficient (Wildman–Crippen LogP) is 3.45. The van der Waals surface area contributed by atoms with Gasteiger partial charge in [0.25, 0.3) is 0 Å². The van der Waals surface area contributed by atoms with Crippen LogP contribution >= 0.6 is 0 Å². The molecule has 9 nitrogen and oxygen atoms in total. The molecule has 0 spiro atoms. The fourth-order valence-corrected chi connectivity index (χ4v) is 5.36. The van der Waals surface area contributed by atoms with Gasteiger partial charge < -0.3 is 29.4 Å². The van der Waals surface area contributed by atoms with Crippen molar-refractivity contribution < 1.29 is 14.6 Å². The van der Waals surface area contributed by atoms with Crippen LogP contribution in [0.3, 0.4) is 0 Å². The number of hydrogen-bond acceptors (Lipinski definition) is 9. The van der Waals surface area contributed by atoms with Crippen LogP contribution in [0.5, 0.6) is 11.8 Å². The number of phenols is 1. The average Bonchev–Trinajstić information content (AvgIpc) is 2.94. The second-order valence-corrected chi connectivity index (χ2v) is 10.6. The molecule has 0 saturated carbocycles. The molecule has 1 fully saturated rings. The molecule has 3 aromatic rings. The Hall–Kier alpha value is -3.85. The summed E-state index contributed by atoms with van der Waals surface area (Å²) in [6.07, 6.45) is 5.89. The molecular formula is C30H38N6O3. The van der Waals surface area contributed by atoms with Crippen molar-refractivity contribution >= 4 is 28.6 Å². The zero-order valence-electron chi connectivity index (χ0n) is 23.1. The fraction of sp³-hybridized carbons (Fsp3) is 0.433. The Bertz CT molecular complexity index is 1340. The predicted molar refractivity (Wildman–Crippen MR) is 155 cm³/mol. The summed E-state index contributed by atoms with van der Waals surface area (Å²) >= 11 is 0. The molecule has 0 radical (unpaired) electrons. The minimum atomic E-state index is -0.0154. The second-order valence-electron chi connectivity index (χ2n) is 10.6. The van der Waals surface area contributed by atoms with Gasteiger partial charge in [0.1, 0.15) is 24.0 Å². The van der Waals surface area contributed by atoms with Crippen molar-refractivity contribution in [3.8, 4) is 11.8 Å². The van der Waals surface area contributed by atoms with Crippen LogP contribution in [0.25, 0.3) is 10.8 Å². The maximum atomic E-state index is 10.7. The molecule has 9 heteroatoms. The SMILES string of the molecule is C[C@H](CCN(C)C)Oc1nc2c(c(N3CCN(C=CC=O)CC3)n1)CCN(c1cc(O)cc3ccccc13)C2. The molecule has 1 saturated heterocycles. The van der Waals surface area contributed by atoms with Gasteiger partial charge in [0.2, 0.25) is 0 Å². The first-order chi connectivity index (χ1) is 18.9. The number of nitrogens with zero attached hydrogens (tertiary/aromatic N) is 6. The maximum Gasteiger partial charge on any atom is 0.318 e. The number of ether oxygens (including phenoxy) is 1. The number of aromatic hydroxyl groups is 1. The molecule has 5 rings (SSSR count). The number of phenolic OH excluding ortho intramolecular Hbond substituents is 1. The summed E-state index contributed by atoms with van der Waals surface area (Å²) in [5.74, 6) is 1.22. The van der Waals surface area contributed by atoms with Gasteiger partial charge in [-0.25, -0.2) is 0 Å². The molecule has 2 aromatic carbocycles. The van der Waals surface area contributed by atoms with Crippen LogP contribution in [0.1, 0.15) is 24.6 Å². The normalized spacial score (nSPS) is 16.7. The number of aromatic nitrogens is 2. The number of hydrogen-bond donors (Lipinski definition) is 1. The van der Waals surface area contributed by atoms with E-state index in [4.69, 9.17) is 14.7 Å². The smallest absolute Gasteiger partial charge is 0.318 e. The zero-order valence-corrected chi connectivity index (χ0v) is 23.1. The summed E-state index contributed by atoms with van der Waals surface area (Å²) in [6, 6.07) is 12.2. The van der Waals surface area contributed by atoms with Gasteiger partial charge in [-0.2, -0.15) is 9.97 Å². The standard InChI is InChI=1S/C30H38N6O3/c1-22(9-12-33(2)3)39-30-31-27-21-36(28-20-24(38)19-23-7-4-5-8-25(23)28)13-10-26(27)29(32-30)35-16-14-34(15-17-35)11-6-18-37/h4-8,11,18-20,22,38H,9-10,12-17,21H2,1-3H3/t22-/m1/s1. The quantitative estimate of drug-likeness (QED) is 0.330. The van der Waals surface area contributed by atoms with Crippen molar-refractivity contribution in [3.05, 3.63) is 59.9 Å². The summed E-state index contributed by atoms with van der Waals surface area (Å²) < 4.78 is 6.27. The molecule has 3 heterocycles. The van der Waals surface area contributed by atoms with Gasteiger partial charge in [0.05, 0.1) is 12.2 Å². The molecule has 0 amide bonds. The summed E-state index contributed by atoms with van der Waals surface area (Å²) in [7, 11) is 4.12. The first-order valence-corrected chi connectivity index (χ1v) is 13.7. The Morgan fingerprint density at radius 2 is 1.87 bits per heavy atom. The number of carbonyl (C=O) groups is 1. The van der Waals surface area contributed by atoms with E-state index in [0.717, 1.165) is 86.4 Å². The third kappa shape index (κ3) is 6.25. The minimum Gasteiger partial charge on any atom is -0.508 e. The van der Waals surface area contributed by atoms with E-state index >= 15 is 0 Å². The molecule has 0 bridgehead atoms. The lowest BCUT2D eigenvalue weighted by atomic mass is 10.0. The van der Waals surface area contributed by atoms with Crippen LogP contribution in [0.4, 0.5) is 11.5 Å². The first kappa shape index (κ1) is 26.7. The van der Waals surface area contributed by atoms with Crippen LogP contribution in [-0.4, -0.2) is 90.6 Å². The van der Waals surface area contributed by atoms with Gasteiger partial charge >= 0.3 is 6.01 Å². The molecule has 2 aliphatic rings. The van der Waals surface area contributed by atoms with E-state index in [0.29, 0.717) is 12.6 Å². The Labute approximate surface area is 230 Å². The number of fused-ring (bicyclic) bond motifs is 2. The van der Waals surface area contributed by atoms with Gasteiger partial charge in [-0.05, 0) is 51.4 Å². The fourth-order valence-electron chi connectivity index (χ4n) is 5.36. The van der Waals surface area contributed by atoms with Crippen LogP contribution in [0, 0.1) is 0 Å². The highest BCUT2D eigenvalue weighted by Gasteiger charge is 2.28. The summed E-state index contributed by atoms with van der Waals surface area (Å²) in [4.78, 5) is 29.6. The van der Waals surface area contributed by atoms with Crippen LogP contribution in [-0.2, 0) is 17.8 Å². The largest absolute Gasteiger partial charge is 0.508 e. The lowest BCUT2D eigenvalue weighted by Gasteiger charge is -2.38. The zero-order chi connectivity index (χ0) is 27.4. The van der Waals surface area contributed by atoms with E-state index in [-0.39, 0.29) is 11.9 Å². The second kappa shape index (κ2) is 11.9. The number of carbonyl (C=O) groups excluding carboxylic acids is 1. The molecule has 1 N–H and O–H groups in total. The van der Waals surface area contributed by atoms with E-state index in [9.17, 15) is 9.90 Å². The Balaban J connectivity index is 1.45. The van der Waals surface area contributed by atoms with Crippen molar-refractivity contribution in [1.29, 1.82) is 0 Å². The van der Waals surface area contributed by atoms with Gasteiger partial charge in [-0.15, -0.1) is 0 Å². The lowest BCUT2D eigenvalue weighted by Crippen LogP contribution is -2.45. The minimum absolute atomic E-state index is 0.0154. The third-order valence-corrected chi connectivity index (χ3v) is 7.47. The summed E-state index contributed by atoms with van der Waals surface area (Å²) in [6.45, 7) is 7.66. The van der Waals surface area contributed by atoms with Crippen molar-refractivity contribution in [2.75, 3.05) is 63.2 Å². The topological polar surface area (TPSA) is 85.3 Å². The number of benzene rings is 2. The molecule has 2 aliphatic heterocycles. The van der Waals surface area contributed by atoms with E-state index in [1.165, 1.54) is 5.56 Å². The monoisotopic (exact) mass is 530 g/mol. The highest BCUT2D eigenvalue weighted by molar-refractivity contribution is 5.95. The van der Waals surface area contributed by atoms with Crippen molar-refractivity contribution in [2.45, 2.75) is 32.4 Å². The maximum absolute atomic E-state index is 10.7. The summed E-state index contributed by atoms with van der Waals surface area (Å²) in [5.41, 5.74) is 3.14. The molecule has 39 heavy (non-hydrogen) atoms. The van der Waals surface area contributed by atoms with Gasteiger partial charge in [0, 0.05) is 68.2 Å². The highest BCUT2D eigenvalue weighted by Crippen LogP contribution is 2.36. The molecule has 1 atom stereocenters. The van der Waals surface area contributed by atoms with Crippen LogP contribution < -0.4 is 14.5 Å². The van der Waals surface area contributed by atoms with E-state index in [2.05, 4.69) is 46.7 Å². The molecular weight excluding hydrogens is 492 g/mol. The highest BCUT2D eigenvalue weighted by atomic mass is 16.5. The Morgan fingerprint density at radius 1 is 1.08 bits per heavy atom. The van der Waals surface area contributed by atoms with Crippen LogP contribution in [0.2, 0.25) is 0 Å². The Kier molecular flexibility index (Phi) is 8.16.